The molecule has 6 heteroatoms. The number of benzene rings is 2. The minimum Gasteiger partial charge on any atom is -0.493 e. The molecule has 0 aliphatic rings. The van der Waals surface area contributed by atoms with Crippen molar-refractivity contribution in [1.82, 2.24) is 4.98 Å². The number of hydrogen-bond acceptors (Lipinski definition) is 4. The quantitative estimate of drug-likeness (QED) is 0.194. The first-order valence-corrected chi connectivity index (χ1v) is 12.6. The Morgan fingerprint density at radius 1 is 1.06 bits per heavy atom. The molecule has 0 spiro atoms. The van der Waals surface area contributed by atoms with Gasteiger partial charge in [0.2, 0.25) is 0 Å². The highest BCUT2D eigenvalue weighted by Crippen LogP contribution is 2.39. The molecule has 5 nitrogen and oxygen atoms in total. The van der Waals surface area contributed by atoms with Crippen LogP contribution in [0.15, 0.2) is 59.2 Å². The third kappa shape index (κ3) is 6.38. The zero-order valence-corrected chi connectivity index (χ0v) is 21.8. The van der Waals surface area contributed by atoms with Gasteiger partial charge in [-0.25, -0.2) is 0 Å². The molecule has 2 aromatic carbocycles. The van der Waals surface area contributed by atoms with E-state index in [0.717, 1.165) is 22.9 Å². The number of aromatic nitrogens is 1. The molecule has 0 saturated heterocycles. The minimum atomic E-state index is -0.228. The third-order valence-corrected chi connectivity index (χ3v) is 6.42. The molecule has 0 aliphatic heterocycles. The first-order chi connectivity index (χ1) is 16.6. The van der Waals surface area contributed by atoms with Gasteiger partial charge in [-0.05, 0) is 53.4 Å². The number of allylic oxidation sites excluding steroid dienone is 2. The van der Waals surface area contributed by atoms with Gasteiger partial charge in [0.05, 0.1) is 31.0 Å². The van der Waals surface area contributed by atoms with E-state index in [4.69, 9.17) is 9.47 Å². The van der Waals surface area contributed by atoms with Gasteiger partial charge in [-0.1, -0.05) is 63.0 Å². The van der Waals surface area contributed by atoms with Crippen LogP contribution < -0.4 is 14.8 Å². The molecule has 180 valence electrons. The van der Waals surface area contributed by atoms with Crippen molar-refractivity contribution in [2.24, 2.45) is 0 Å². The van der Waals surface area contributed by atoms with Gasteiger partial charge in [0.15, 0.2) is 11.5 Å². The second-order valence-electron chi connectivity index (χ2n) is 8.16. The van der Waals surface area contributed by atoms with E-state index in [2.05, 4.69) is 45.3 Å². The Hall–Kier alpha value is -2.86. The van der Waals surface area contributed by atoms with Gasteiger partial charge in [-0.3, -0.25) is 9.78 Å². The molecular weight excluding hydrogens is 492 g/mol. The summed E-state index contributed by atoms with van der Waals surface area (Å²) in [6.07, 6.45) is 13.9. The first-order valence-electron chi connectivity index (χ1n) is 11.8. The molecule has 0 fully saturated rings. The van der Waals surface area contributed by atoms with Crippen LogP contribution in [0.4, 0.5) is 5.69 Å². The first kappa shape index (κ1) is 25.8. The molecule has 1 amide bonds. The lowest BCUT2D eigenvalue weighted by Crippen LogP contribution is -2.16. The number of para-hydroxylation sites is 1. The molecule has 0 atom stereocenters. The second-order valence-corrected chi connectivity index (χ2v) is 9.02. The number of ether oxygens (including phenoxy) is 2. The summed E-state index contributed by atoms with van der Waals surface area (Å²) >= 11 is 3.59. The number of rotatable bonds is 12. The number of methoxy groups -OCH3 is 2. The van der Waals surface area contributed by atoms with Gasteiger partial charge in [-0.2, -0.15) is 0 Å². The van der Waals surface area contributed by atoms with Crippen molar-refractivity contribution in [2.45, 2.75) is 51.9 Å². The minimum absolute atomic E-state index is 0.228. The van der Waals surface area contributed by atoms with Crippen molar-refractivity contribution in [1.29, 1.82) is 0 Å². The van der Waals surface area contributed by atoms with Crippen molar-refractivity contribution >= 4 is 38.4 Å². The van der Waals surface area contributed by atoms with Gasteiger partial charge in [0.1, 0.15) is 0 Å². The van der Waals surface area contributed by atoms with Crippen molar-refractivity contribution in [3.63, 3.8) is 0 Å². The highest BCUT2D eigenvalue weighted by atomic mass is 79.9. The summed E-state index contributed by atoms with van der Waals surface area (Å²) in [5.41, 5.74) is 2.72. The zero-order valence-electron chi connectivity index (χ0n) is 20.2. The largest absolute Gasteiger partial charge is 0.493 e. The normalized spacial score (nSPS) is 11.2. The van der Waals surface area contributed by atoms with Crippen LogP contribution in [0.2, 0.25) is 0 Å². The number of carbonyl (C=O) groups is 1. The number of amides is 1. The van der Waals surface area contributed by atoms with E-state index in [1.54, 1.807) is 26.5 Å². The zero-order chi connectivity index (χ0) is 24.3. The fourth-order valence-corrected chi connectivity index (χ4v) is 4.68. The van der Waals surface area contributed by atoms with E-state index in [1.807, 2.05) is 30.3 Å². The SMILES string of the molecule is CCCCCCC/C=C\Cc1c(OC)c(OC)cc(Br)c1C(=O)Nc1cccc2cccnc12. The predicted octanol–water partition coefficient (Wildman–Crippen LogP) is 7.73. The number of nitrogens with one attached hydrogen (secondary N) is 1. The van der Waals surface area contributed by atoms with Gasteiger partial charge >= 0.3 is 0 Å². The molecule has 0 bridgehead atoms. The van der Waals surface area contributed by atoms with E-state index >= 15 is 0 Å². The van der Waals surface area contributed by atoms with Crippen molar-refractivity contribution in [3.8, 4) is 11.5 Å². The van der Waals surface area contributed by atoms with E-state index < -0.39 is 0 Å². The Labute approximate surface area is 210 Å². The maximum Gasteiger partial charge on any atom is 0.257 e. The molecule has 0 unspecified atom stereocenters. The fourth-order valence-electron chi connectivity index (χ4n) is 4.05. The molecule has 1 heterocycles. The van der Waals surface area contributed by atoms with E-state index in [1.165, 1.54) is 32.1 Å². The molecular formula is C28H33BrN2O3. The summed E-state index contributed by atoms with van der Waals surface area (Å²) in [6, 6.07) is 11.4. The van der Waals surface area contributed by atoms with Gasteiger partial charge in [0, 0.05) is 21.6 Å². The number of pyridine rings is 1. The molecule has 34 heavy (non-hydrogen) atoms. The number of unbranched alkanes of at least 4 members (excludes halogenated alkanes) is 5. The average molecular weight is 525 g/mol. The number of nitrogens with zero attached hydrogens (tertiary/aromatic N) is 1. The molecule has 0 saturated carbocycles. The number of hydrogen-bond donors (Lipinski definition) is 1. The summed E-state index contributed by atoms with van der Waals surface area (Å²) in [5.74, 6) is 0.925. The lowest BCUT2D eigenvalue weighted by molar-refractivity contribution is 0.102. The fraction of sp³-hybridized carbons (Fsp3) is 0.357. The Balaban J connectivity index is 1.87. The van der Waals surface area contributed by atoms with E-state index in [9.17, 15) is 4.79 Å². The highest BCUT2D eigenvalue weighted by molar-refractivity contribution is 9.10. The standard InChI is InChI=1S/C28H33BrN2O3/c1-4-5-6-7-8-9-10-11-16-21-25(22(29)19-24(33-2)27(21)34-3)28(32)31-23-17-12-14-20-15-13-18-30-26(20)23/h10-15,17-19H,4-9,16H2,1-3H3,(H,31,32)/b11-10-. The van der Waals surface area contributed by atoms with Crippen LogP contribution in [0.3, 0.4) is 0 Å². The monoisotopic (exact) mass is 524 g/mol. The highest BCUT2D eigenvalue weighted by Gasteiger charge is 2.23. The van der Waals surface area contributed by atoms with Crippen molar-refractivity contribution < 1.29 is 14.3 Å². The van der Waals surface area contributed by atoms with E-state index in [-0.39, 0.29) is 5.91 Å². The number of carbonyl (C=O) groups excluding carboxylic acids is 1. The number of anilines is 1. The lowest BCUT2D eigenvalue weighted by Gasteiger charge is -2.18. The summed E-state index contributed by atoms with van der Waals surface area (Å²) in [7, 11) is 3.20. The Bertz CT molecular complexity index is 1140. The maximum atomic E-state index is 13.5. The Morgan fingerprint density at radius 2 is 1.85 bits per heavy atom. The van der Waals surface area contributed by atoms with E-state index in [0.29, 0.717) is 33.6 Å². The summed E-state index contributed by atoms with van der Waals surface area (Å²) in [5, 5.41) is 4.02. The van der Waals surface area contributed by atoms with Crippen LogP contribution >= 0.6 is 15.9 Å². The average Bonchev–Trinajstić information content (AvgIpc) is 2.85. The van der Waals surface area contributed by atoms with Crippen LogP contribution in [-0.2, 0) is 6.42 Å². The van der Waals surface area contributed by atoms with Crippen molar-refractivity contribution in [2.75, 3.05) is 19.5 Å². The summed E-state index contributed by atoms with van der Waals surface area (Å²) in [4.78, 5) is 18.0. The molecule has 0 radical (unpaired) electrons. The third-order valence-electron chi connectivity index (χ3n) is 5.79. The molecule has 0 aliphatic carbocycles. The van der Waals surface area contributed by atoms with Crippen LogP contribution in [0.5, 0.6) is 11.5 Å². The Kier molecular flexibility index (Phi) is 9.95. The smallest absolute Gasteiger partial charge is 0.257 e. The lowest BCUT2D eigenvalue weighted by atomic mass is 10.0. The van der Waals surface area contributed by atoms with Crippen molar-refractivity contribution in [3.05, 3.63) is 70.3 Å². The molecule has 1 aromatic heterocycles. The topological polar surface area (TPSA) is 60.5 Å². The van der Waals surface area contributed by atoms with Crippen LogP contribution in [-0.4, -0.2) is 25.1 Å². The molecule has 3 aromatic rings. The number of fused-ring (bicyclic) bond motifs is 1. The van der Waals surface area contributed by atoms with Gasteiger partial charge in [0.25, 0.3) is 5.91 Å². The van der Waals surface area contributed by atoms with Crippen LogP contribution in [0.25, 0.3) is 10.9 Å². The molecule has 3 rings (SSSR count). The van der Waals surface area contributed by atoms with Crippen LogP contribution in [0.1, 0.15) is 61.4 Å². The summed E-state index contributed by atoms with van der Waals surface area (Å²) in [6.45, 7) is 2.23. The van der Waals surface area contributed by atoms with Gasteiger partial charge in [-0.15, -0.1) is 0 Å². The maximum absolute atomic E-state index is 13.5. The van der Waals surface area contributed by atoms with Crippen LogP contribution in [0, 0.1) is 0 Å². The Morgan fingerprint density at radius 3 is 2.62 bits per heavy atom. The second kappa shape index (κ2) is 13.1. The molecule has 1 N–H and O–H groups in total. The van der Waals surface area contributed by atoms with Gasteiger partial charge < -0.3 is 14.8 Å². The predicted molar refractivity (Wildman–Crippen MR) is 143 cm³/mol. The summed E-state index contributed by atoms with van der Waals surface area (Å²) < 4.78 is 11.9. The number of halogens is 1.